The lowest BCUT2D eigenvalue weighted by atomic mass is 9.96. The van der Waals surface area contributed by atoms with Gasteiger partial charge in [0, 0.05) is 37.1 Å². The molecular formula is C19H23N3O. The zero-order valence-electron chi connectivity index (χ0n) is 13.2. The van der Waals surface area contributed by atoms with E-state index in [1.54, 1.807) is 12.4 Å². The molecule has 0 radical (unpaired) electrons. The van der Waals surface area contributed by atoms with E-state index in [4.69, 9.17) is 0 Å². The Hall–Kier alpha value is -2.36. The van der Waals surface area contributed by atoms with Crippen molar-refractivity contribution in [3.63, 3.8) is 0 Å². The first-order valence-corrected chi connectivity index (χ1v) is 8.29. The second kappa shape index (κ2) is 7.77. The SMILES string of the molecule is O=C(NCCNc1ccncc1)[C@@H]1CC[C@@H](c2ccccc2)C1. The number of benzene rings is 1. The Balaban J connectivity index is 1.39. The number of hydrogen-bond donors (Lipinski definition) is 2. The zero-order valence-corrected chi connectivity index (χ0v) is 13.2. The molecule has 1 fully saturated rings. The van der Waals surface area contributed by atoms with Gasteiger partial charge in [0.05, 0.1) is 0 Å². The van der Waals surface area contributed by atoms with Crippen LogP contribution in [0.3, 0.4) is 0 Å². The molecule has 4 heteroatoms. The Morgan fingerprint density at radius 2 is 1.83 bits per heavy atom. The van der Waals surface area contributed by atoms with E-state index < -0.39 is 0 Å². The first-order valence-electron chi connectivity index (χ1n) is 8.29. The normalized spacial score (nSPS) is 20.2. The molecule has 0 bridgehead atoms. The molecule has 2 atom stereocenters. The van der Waals surface area contributed by atoms with Crippen molar-refractivity contribution >= 4 is 11.6 Å². The third-order valence-electron chi connectivity index (χ3n) is 4.51. The molecule has 0 spiro atoms. The molecule has 2 aromatic rings. The summed E-state index contributed by atoms with van der Waals surface area (Å²) in [5, 5.41) is 6.32. The minimum Gasteiger partial charge on any atom is -0.383 e. The Morgan fingerprint density at radius 1 is 1.04 bits per heavy atom. The number of nitrogens with zero attached hydrogens (tertiary/aromatic N) is 1. The highest BCUT2D eigenvalue weighted by Gasteiger charge is 2.30. The second-order valence-electron chi connectivity index (χ2n) is 6.07. The van der Waals surface area contributed by atoms with E-state index in [1.807, 2.05) is 18.2 Å². The van der Waals surface area contributed by atoms with E-state index in [0.717, 1.165) is 31.5 Å². The number of anilines is 1. The first-order chi connectivity index (χ1) is 11.3. The average Bonchev–Trinajstić information content (AvgIpc) is 3.10. The summed E-state index contributed by atoms with van der Waals surface area (Å²) in [5.41, 5.74) is 2.39. The van der Waals surface area contributed by atoms with Crippen LogP contribution in [0.5, 0.6) is 0 Å². The summed E-state index contributed by atoms with van der Waals surface area (Å²) < 4.78 is 0. The summed E-state index contributed by atoms with van der Waals surface area (Å²) in [6.45, 7) is 1.37. The number of nitrogens with one attached hydrogen (secondary N) is 2. The fourth-order valence-corrected chi connectivity index (χ4v) is 3.25. The van der Waals surface area contributed by atoms with Gasteiger partial charge in [-0.2, -0.15) is 0 Å². The van der Waals surface area contributed by atoms with Crippen LogP contribution >= 0.6 is 0 Å². The van der Waals surface area contributed by atoms with E-state index in [2.05, 4.69) is 39.9 Å². The topological polar surface area (TPSA) is 54.0 Å². The summed E-state index contributed by atoms with van der Waals surface area (Å²) >= 11 is 0. The molecule has 1 aliphatic rings. The third kappa shape index (κ3) is 4.31. The molecule has 1 amide bonds. The zero-order chi connectivity index (χ0) is 15.9. The lowest BCUT2D eigenvalue weighted by Gasteiger charge is -2.13. The number of amides is 1. The molecule has 0 saturated heterocycles. The van der Waals surface area contributed by atoms with Crippen LogP contribution in [-0.4, -0.2) is 24.0 Å². The van der Waals surface area contributed by atoms with Crippen molar-refractivity contribution in [1.82, 2.24) is 10.3 Å². The summed E-state index contributed by atoms with van der Waals surface area (Å²) in [6, 6.07) is 14.4. The number of carbonyl (C=O) groups excluding carboxylic acids is 1. The molecule has 23 heavy (non-hydrogen) atoms. The summed E-state index contributed by atoms with van der Waals surface area (Å²) in [7, 11) is 0. The van der Waals surface area contributed by atoms with Gasteiger partial charge in [-0.15, -0.1) is 0 Å². The smallest absolute Gasteiger partial charge is 0.223 e. The van der Waals surface area contributed by atoms with Crippen LogP contribution in [0.4, 0.5) is 5.69 Å². The number of hydrogen-bond acceptors (Lipinski definition) is 3. The van der Waals surface area contributed by atoms with Gasteiger partial charge in [0.1, 0.15) is 0 Å². The highest BCUT2D eigenvalue weighted by molar-refractivity contribution is 5.79. The maximum Gasteiger partial charge on any atom is 0.223 e. The Morgan fingerprint density at radius 3 is 2.61 bits per heavy atom. The lowest BCUT2D eigenvalue weighted by Crippen LogP contribution is -2.33. The molecule has 1 aromatic heterocycles. The fraction of sp³-hybridized carbons (Fsp3) is 0.368. The number of rotatable bonds is 6. The van der Waals surface area contributed by atoms with Gasteiger partial charge in [-0.3, -0.25) is 9.78 Å². The molecule has 1 saturated carbocycles. The van der Waals surface area contributed by atoms with Crippen LogP contribution in [0.25, 0.3) is 0 Å². The largest absolute Gasteiger partial charge is 0.383 e. The highest BCUT2D eigenvalue weighted by atomic mass is 16.1. The van der Waals surface area contributed by atoms with Crippen molar-refractivity contribution in [1.29, 1.82) is 0 Å². The van der Waals surface area contributed by atoms with Crippen LogP contribution in [0.1, 0.15) is 30.7 Å². The van der Waals surface area contributed by atoms with E-state index in [0.29, 0.717) is 12.5 Å². The van der Waals surface area contributed by atoms with Gasteiger partial charge in [-0.05, 0) is 42.9 Å². The Kier molecular flexibility index (Phi) is 5.25. The van der Waals surface area contributed by atoms with Crippen LogP contribution in [0.2, 0.25) is 0 Å². The first kappa shape index (κ1) is 15.5. The lowest BCUT2D eigenvalue weighted by molar-refractivity contribution is -0.124. The van der Waals surface area contributed by atoms with Crippen molar-refractivity contribution < 1.29 is 4.79 Å². The number of carbonyl (C=O) groups is 1. The monoisotopic (exact) mass is 309 g/mol. The van der Waals surface area contributed by atoms with E-state index >= 15 is 0 Å². The van der Waals surface area contributed by atoms with Gasteiger partial charge in [0.2, 0.25) is 5.91 Å². The summed E-state index contributed by atoms with van der Waals surface area (Å²) in [4.78, 5) is 16.3. The molecule has 1 heterocycles. The molecule has 1 aromatic carbocycles. The number of pyridine rings is 1. The van der Waals surface area contributed by atoms with Crippen LogP contribution in [0.15, 0.2) is 54.9 Å². The van der Waals surface area contributed by atoms with Crippen LogP contribution in [0, 0.1) is 5.92 Å². The molecule has 2 N–H and O–H groups in total. The summed E-state index contributed by atoms with van der Waals surface area (Å²) in [6.07, 6.45) is 6.57. The second-order valence-corrected chi connectivity index (χ2v) is 6.07. The maximum absolute atomic E-state index is 12.3. The van der Waals surface area contributed by atoms with Crippen LogP contribution < -0.4 is 10.6 Å². The Labute approximate surface area is 137 Å². The van der Waals surface area contributed by atoms with Gasteiger partial charge >= 0.3 is 0 Å². The molecule has 3 rings (SSSR count). The molecule has 120 valence electrons. The van der Waals surface area contributed by atoms with E-state index in [9.17, 15) is 4.79 Å². The van der Waals surface area contributed by atoms with Crippen molar-refractivity contribution in [2.45, 2.75) is 25.2 Å². The maximum atomic E-state index is 12.3. The third-order valence-corrected chi connectivity index (χ3v) is 4.51. The Bertz CT molecular complexity index is 615. The van der Waals surface area contributed by atoms with E-state index in [1.165, 1.54) is 5.56 Å². The average molecular weight is 309 g/mol. The standard InChI is InChI=1S/C19H23N3O/c23-19(22-13-12-21-18-8-10-20-11-9-18)17-7-6-16(14-17)15-4-2-1-3-5-15/h1-5,8-11,16-17H,6-7,12-14H2,(H,20,21)(H,22,23)/t16-,17-/m1/s1. The highest BCUT2D eigenvalue weighted by Crippen LogP contribution is 2.38. The van der Waals surface area contributed by atoms with Crippen molar-refractivity contribution in [2.24, 2.45) is 5.92 Å². The van der Waals surface area contributed by atoms with E-state index in [-0.39, 0.29) is 11.8 Å². The van der Waals surface area contributed by atoms with Crippen LogP contribution in [-0.2, 0) is 4.79 Å². The predicted molar refractivity (Wildman–Crippen MR) is 92.3 cm³/mol. The molecule has 0 unspecified atom stereocenters. The minimum absolute atomic E-state index is 0.154. The van der Waals surface area contributed by atoms with Gasteiger partial charge < -0.3 is 10.6 Å². The fourth-order valence-electron chi connectivity index (χ4n) is 3.25. The molecule has 1 aliphatic carbocycles. The van der Waals surface area contributed by atoms with Gasteiger partial charge in [0.25, 0.3) is 0 Å². The van der Waals surface area contributed by atoms with Gasteiger partial charge in [-0.1, -0.05) is 30.3 Å². The van der Waals surface area contributed by atoms with Crippen molar-refractivity contribution in [2.75, 3.05) is 18.4 Å². The molecule has 4 nitrogen and oxygen atoms in total. The molecule has 0 aliphatic heterocycles. The van der Waals surface area contributed by atoms with Crippen molar-refractivity contribution in [3.05, 3.63) is 60.4 Å². The van der Waals surface area contributed by atoms with Crippen molar-refractivity contribution in [3.8, 4) is 0 Å². The number of aromatic nitrogens is 1. The minimum atomic E-state index is 0.154. The predicted octanol–water partition coefficient (Wildman–Crippen LogP) is 3.19. The van der Waals surface area contributed by atoms with Gasteiger partial charge in [-0.25, -0.2) is 0 Å². The molecular weight excluding hydrogens is 286 g/mol. The van der Waals surface area contributed by atoms with Gasteiger partial charge in [0.15, 0.2) is 0 Å². The quantitative estimate of drug-likeness (QED) is 0.806. The summed E-state index contributed by atoms with van der Waals surface area (Å²) in [5.74, 6) is 0.878.